The topological polar surface area (TPSA) is 73.6 Å². The Morgan fingerprint density at radius 1 is 1.29 bits per heavy atom. The Hall–Kier alpha value is -1.82. The number of ether oxygens (including phenoxy) is 2. The number of nitrogens with two attached hydrogens (primary N) is 1. The smallest absolute Gasteiger partial charge is 0.255 e. The SMILES string of the molecule is CCC(CC)(NC(=O)c1cc(OC)ccc1OC)C(N)=S. The summed E-state index contributed by atoms with van der Waals surface area (Å²) in [7, 11) is 3.06. The van der Waals surface area contributed by atoms with Gasteiger partial charge in [-0.05, 0) is 31.0 Å². The van der Waals surface area contributed by atoms with Crippen LogP contribution in [0.2, 0.25) is 0 Å². The quantitative estimate of drug-likeness (QED) is 0.756. The normalized spacial score (nSPS) is 10.9. The van der Waals surface area contributed by atoms with Crippen molar-refractivity contribution >= 4 is 23.1 Å². The van der Waals surface area contributed by atoms with Gasteiger partial charge in [0.1, 0.15) is 11.5 Å². The van der Waals surface area contributed by atoms with Crippen LogP contribution >= 0.6 is 12.2 Å². The van der Waals surface area contributed by atoms with Crippen LogP contribution < -0.4 is 20.5 Å². The van der Waals surface area contributed by atoms with Gasteiger partial charge in [-0.3, -0.25) is 4.79 Å². The summed E-state index contributed by atoms with van der Waals surface area (Å²) >= 11 is 5.11. The molecule has 0 saturated heterocycles. The monoisotopic (exact) mass is 310 g/mol. The van der Waals surface area contributed by atoms with E-state index in [2.05, 4.69) is 5.32 Å². The van der Waals surface area contributed by atoms with Gasteiger partial charge in [0.2, 0.25) is 0 Å². The maximum atomic E-state index is 12.6. The van der Waals surface area contributed by atoms with E-state index in [0.717, 1.165) is 0 Å². The second-order valence-electron chi connectivity index (χ2n) is 4.67. The van der Waals surface area contributed by atoms with E-state index in [4.69, 9.17) is 27.4 Å². The van der Waals surface area contributed by atoms with Crippen molar-refractivity contribution in [2.24, 2.45) is 5.73 Å². The largest absolute Gasteiger partial charge is 0.497 e. The summed E-state index contributed by atoms with van der Waals surface area (Å²) in [4.78, 5) is 12.8. The van der Waals surface area contributed by atoms with Crippen LogP contribution in [0.15, 0.2) is 18.2 Å². The molecular formula is C15H22N2O3S. The highest BCUT2D eigenvalue weighted by molar-refractivity contribution is 7.80. The Bertz CT molecular complexity index is 528. The van der Waals surface area contributed by atoms with Gasteiger partial charge in [-0.1, -0.05) is 26.1 Å². The van der Waals surface area contributed by atoms with Gasteiger partial charge in [-0.15, -0.1) is 0 Å². The number of carbonyl (C=O) groups is 1. The Morgan fingerprint density at radius 2 is 1.90 bits per heavy atom. The van der Waals surface area contributed by atoms with Crippen LogP contribution in [-0.2, 0) is 0 Å². The van der Waals surface area contributed by atoms with E-state index in [1.807, 2.05) is 13.8 Å². The molecule has 0 aliphatic heterocycles. The Balaban J connectivity index is 3.16. The molecule has 0 saturated carbocycles. The van der Waals surface area contributed by atoms with Crippen LogP contribution in [0.5, 0.6) is 11.5 Å². The van der Waals surface area contributed by atoms with Gasteiger partial charge in [0.25, 0.3) is 5.91 Å². The fourth-order valence-corrected chi connectivity index (χ4v) is 2.45. The lowest BCUT2D eigenvalue weighted by molar-refractivity contribution is 0.0916. The Morgan fingerprint density at radius 3 is 2.33 bits per heavy atom. The highest BCUT2D eigenvalue weighted by atomic mass is 32.1. The van der Waals surface area contributed by atoms with Gasteiger partial charge in [0.15, 0.2) is 0 Å². The van der Waals surface area contributed by atoms with Crippen LogP contribution in [0.25, 0.3) is 0 Å². The lowest BCUT2D eigenvalue weighted by Crippen LogP contribution is -2.56. The van der Waals surface area contributed by atoms with E-state index in [1.54, 1.807) is 25.3 Å². The predicted molar refractivity (Wildman–Crippen MR) is 87.1 cm³/mol. The van der Waals surface area contributed by atoms with Crippen LogP contribution in [0.1, 0.15) is 37.0 Å². The summed E-state index contributed by atoms with van der Waals surface area (Å²) in [6.45, 7) is 3.87. The van der Waals surface area contributed by atoms with Gasteiger partial charge in [0.05, 0.1) is 30.3 Å². The first-order valence-electron chi connectivity index (χ1n) is 6.78. The van der Waals surface area contributed by atoms with E-state index in [1.165, 1.54) is 7.11 Å². The molecule has 0 fully saturated rings. The molecule has 0 heterocycles. The Labute approximate surface area is 130 Å². The second kappa shape index (κ2) is 7.26. The molecule has 1 rings (SSSR count). The molecule has 5 nitrogen and oxygen atoms in total. The predicted octanol–water partition coefficient (Wildman–Crippen LogP) is 2.28. The number of amides is 1. The molecule has 116 valence electrons. The zero-order valence-corrected chi connectivity index (χ0v) is 13.7. The molecule has 0 atom stereocenters. The van der Waals surface area contributed by atoms with E-state index < -0.39 is 5.54 Å². The first-order chi connectivity index (χ1) is 9.93. The second-order valence-corrected chi connectivity index (χ2v) is 5.11. The fraction of sp³-hybridized carbons (Fsp3) is 0.467. The third-order valence-electron chi connectivity index (χ3n) is 3.68. The highest BCUT2D eigenvalue weighted by Gasteiger charge is 2.32. The lowest BCUT2D eigenvalue weighted by Gasteiger charge is -2.32. The first kappa shape index (κ1) is 17.2. The molecule has 0 aromatic heterocycles. The molecule has 0 radical (unpaired) electrons. The van der Waals surface area contributed by atoms with E-state index in [-0.39, 0.29) is 10.9 Å². The van der Waals surface area contributed by atoms with Crippen molar-refractivity contribution in [3.63, 3.8) is 0 Å². The number of methoxy groups -OCH3 is 2. The summed E-state index contributed by atoms with van der Waals surface area (Å²) in [5.74, 6) is 0.759. The maximum Gasteiger partial charge on any atom is 0.255 e. The van der Waals surface area contributed by atoms with Crippen molar-refractivity contribution < 1.29 is 14.3 Å². The molecule has 0 unspecified atom stereocenters. The van der Waals surface area contributed by atoms with Crippen molar-refractivity contribution in [1.82, 2.24) is 5.32 Å². The van der Waals surface area contributed by atoms with Crippen molar-refractivity contribution in [1.29, 1.82) is 0 Å². The number of nitrogens with one attached hydrogen (secondary N) is 1. The van der Waals surface area contributed by atoms with Gasteiger partial charge >= 0.3 is 0 Å². The third-order valence-corrected chi connectivity index (χ3v) is 4.07. The van der Waals surface area contributed by atoms with Crippen molar-refractivity contribution in [3.05, 3.63) is 23.8 Å². The van der Waals surface area contributed by atoms with Crippen LogP contribution in [0, 0.1) is 0 Å². The lowest BCUT2D eigenvalue weighted by atomic mass is 9.92. The summed E-state index contributed by atoms with van der Waals surface area (Å²) < 4.78 is 10.4. The molecule has 1 aromatic carbocycles. The number of benzene rings is 1. The van der Waals surface area contributed by atoms with Gasteiger partial charge in [-0.25, -0.2) is 0 Å². The van der Waals surface area contributed by atoms with E-state index in [0.29, 0.717) is 29.9 Å². The number of hydrogen-bond acceptors (Lipinski definition) is 4. The number of thiocarbonyl (C=S) groups is 1. The van der Waals surface area contributed by atoms with Crippen molar-refractivity contribution in [2.45, 2.75) is 32.2 Å². The molecule has 0 spiro atoms. The van der Waals surface area contributed by atoms with Gasteiger partial charge in [-0.2, -0.15) is 0 Å². The summed E-state index contributed by atoms with van der Waals surface area (Å²) in [6.07, 6.45) is 1.24. The van der Waals surface area contributed by atoms with Crippen LogP contribution in [-0.4, -0.2) is 30.7 Å². The molecule has 0 aliphatic carbocycles. The number of rotatable bonds is 7. The molecule has 1 amide bonds. The maximum absolute atomic E-state index is 12.6. The number of carbonyl (C=O) groups excluding carboxylic acids is 1. The minimum atomic E-state index is -0.694. The highest BCUT2D eigenvalue weighted by Crippen LogP contribution is 2.25. The summed E-state index contributed by atoms with van der Waals surface area (Å²) in [6, 6.07) is 5.05. The fourth-order valence-electron chi connectivity index (χ4n) is 2.11. The average molecular weight is 310 g/mol. The molecule has 3 N–H and O–H groups in total. The standard InChI is InChI=1S/C15H22N2O3S/c1-5-15(6-2,14(16)21)17-13(18)11-9-10(19-3)7-8-12(11)20-4/h7-9H,5-6H2,1-4H3,(H2,16,21)(H,17,18). The molecule has 0 aliphatic rings. The average Bonchev–Trinajstić information content (AvgIpc) is 2.51. The Kier molecular flexibility index (Phi) is 5.96. The van der Waals surface area contributed by atoms with Crippen LogP contribution in [0.3, 0.4) is 0 Å². The van der Waals surface area contributed by atoms with Gasteiger partial charge < -0.3 is 20.5 Å². The van der Waals surface area contributed by atoms with Crippen LogP contribution in [0.4, 0.5) is 0 Å². The van der Waals surface area contributed by atoms with Crippen molar-refractivity contribution in [2.75, 3.05) is 14.2 Å². The molecule has 1 aromatic rings. The minimum absolute atomic E-state index is 0.280. The number of hydrogen-bond donors (Lipinski definition) is 2. The van der Waals surface area contributed by atoms with Gasteiger partial charge in [0, 0.05) is 0 Å². The third kappa shape index (κ3) is 3.64. The van der Waals surface area contributed by atoms with E-state index in [9.17, 15) is 4.79 Å². The molecule has 0 bridgehead atoms. The first-order valence-corrected chi connectivity index (χ1v) is 7.19. The van der Waals surface area contributed by atoms with E-state index >= 15 is 0 Å². The summed E-state index contributed by atoms with van der Waals surface area (Å²) in [5.41, 5.74) is 5.50. The summed E-state index contributed by atoms with van der Waals surface area (Å²) in [5, 5.41) is 2.93. The molecule has 21 heavy (non-hydrogen) atoms. The van der Waals surface area contributed by atoms with Crippen molar-refractivity contribution in [3.8, 4) is 11.5 Å². The molecule has 6 heteroatoms. The zero-order chi connectivity index (χ0) is 16.0. The minimum Gasteiger partial charge on any atom is -0.497 e. The molecular weight excluding hydrogens is 288 g/mol. The zero-order valence-electron chi connectivity index (χ0n) is 12.9.